The van der Waals surface area contributed by atoms with E-state index in [1.54, 1.807) is 31.7 Å². The van der Waals surface area contributed by atoms with Crippen LogP contribution >= 0.6 is 0 Å². The maximum Gasteiger partial charge on any atom is 0.328 e. The van der Waals surface area contributed by atoms with Crippen LogP contribution in [0.3, 0.4) is 0 Å². The molecule has 0 radical (unpaired) electrons. The minimum Gasteiger partial charge on any atom is -0.461 e. The molecule has 0 bridgehead atoms. The Balaban J connectivity index is 2.14. The Kier molecular flexibility index (Phi) is 3.36. The van der Waals surface area contributed by atoms with E-state index >= 15 is 0 Å². The topological polar surface area (TPSA) is 46.6 Å². The van der Waals surface area contributed by atoms with Crippen molar-refractivity contribution in [3.05, 3.63) is 35.4 Å². The SMILES string of the molecule is CC(C)OC(=O)C(C)N1Cc2ccccc2C1=O. The highest BCUT2D eigenvalue weighted by Crippen LogP contribution is 2.24. The Hall–Kier alpha value is -1.84. The average Bonchev–Trinajstić information content (AvgIpc) is 2.66. The summed E-state index contributed by atoms with van der Waals surface area (Å²) in [6.07, 6.45) is -0.167. The number of nitrogens with zero attached hydrogens (tertiary/aromatic N) is 1. The molecule has 2 rings (SSSR count). The third-order valence-corrected chi connectivity index (χ3v) is 3.01. The zero-order valence-corrected chi connectivity index (χ0v) is 10.8. The highest BCUT2D eigenvalue weighted by Gasteiger charge is 2.34. The molecular formula is C14H17NO3. The zero-order chi connectivity index (χ0) is 13.3. The van der Waals surface area contributed by atoms with E-state index in [0.29, 0.717) is 12.1 Å². The quantitative estimate of drug-likeness (QED) is 0.767. The van der Waals surface area contributed by atoms with Crippen molar-refractivity contribution in [1.29, 1.82) is 0 Å². The summed E-state index contributed by atoms with van der Waals surface area (Å²) in [6, 6.07) is 6.88. The Bertz CT molecular complexity index is 482. The van der Waals surface area contributed by atoms with E-state index in [9.17, 15) is 9.59 Å². The van der Waals surface area contributed by atoms with Crippen LogP contribution in [0.4, 0.5) is 0 Å². The minimum atomic E-state index is -0.549. The highest BCUT2D eigenvalue weighted by atomic mass is 16.5. The summed E-state index contributed by atoms with van der Waals surface area (Å²) in [5.74, 6) is -0.454. The molecule has 0 N–H and O–H groups in total. The summed E-state index contributed by atoms with van der Waals surface area (Å²) in [5.41, 5.74) is 1.65. The van der Waals surface area contributed by atoms with Crippen molar-refractivity contribution < 1.29 is 14.3 Å². The van der Waals surface area contributed by atoms with Gasteiger partial charge in [0.15, 0.2) is 0 Å². The summed E-state index contributed by atoms with van der Waals surface area (Å²) in [5, 5.41) is 0. The van der Waals surface area contributed by atoms with Crippen LogP contribution in [-0.4, -0.2) is 28.9 Å². The monoisotopic (exact) mass is 247 g/mol. The number of fused-ring (bicyclic) bond motifs is 1. The first-order valence-electron chi connectivity index (χ1n) is 6.10. The molecule has 96 valence electrons. The van der Waals surface area contributed by atoms with Crippen molar-refractivity contribution in [2.24, 2.45) is 0 Å². The standard InChI is InChI=1S/C14H17NO3/c1-9(2)18-14(17)10(3)15-8-11-6-4-5-7-12(11)13(15)16/h4-7,9-10H,8H2,1-3H3. The number of hydrogen-bond donors (Lipinski definition) is 0. The molecular weight excluding hydrogens is 230 g/mol. The molecule has 4 nitrogen and oxygen atoms in total. The molecule has 1 aromatic carbocycles. The van der Waals surface area contributed by atoms with E-state index in [4.69, 9.17) is 4.74 Å². The number of benzene rings is 1. The van der Waals surface area contributed by atoms with Crippen molar-refractivity contribution in [3.63, 3.8) is 0 Å². The summed E-state index contributed by atoms with van der Waals surface area (Å²) >= 11 is 0. The van der Waals surface area contributed by atoms with Crippen molar-refractivity contribution in [2.45, 2.75) is 39.5 Å². The van der Waals surface area contributed by atoms with Gasteiger partial charge in [0.2, 0.25) is 0 Å². The molecule has 0 fully saturated rings. The predicted molar refractivity (Wildman–Crippen MR) is 67.0 cm³/mol. The molecule has 0 saturated carbocycles. The Morgan fingerprint density at radius 3 is 2.56 bits per heavy atom. The van der Waals surface area contributed by atoms with Crippen LogP contribution in [0.5, 0.6) is 0 Å². The molecule has 0 saturated heterocycles. The van der Waals surface area contributed by atoms with E-state index in [1.807, 2.05) is 18.2 Å². The molecule has 18 heavy (non-hydrogen) atoms. The van der Waals surface area contributed by atoms with E-state index in [2.05, 4.69) is 0 Å². The van der Waals surface area contributed by atoms with Gasteiger partial charge < -0.3 is 9.64 Å². The Labute approximate surface area is 107 Å². The molecule has 1 aliphatic heterocycles. The first kappa shape index (κ1) is 12.6. The highest BCUT2D eigenvalue weighted by molar-refractivity contribution is 6.00. The van der Waals surface area contributed by atoms with Gasteiger partial charge in [0.05, 0.1) is 6.10 Å². The van der Waals surface area contributed by atoms with Gasteiger partial charge >= 0.3 is 5.97 Å². The van der Waals surface area contributed by atoms with E-state index < -0.39 is 6.04 Å². The maximum atomic E-state index is 12.1. The molecule has 1 aliphatic rings. The van der Waals surface area contributed by atoms with Crippen LogP contribution in [0, 0.1) is 0 Å². The molecule has 4 heteroatoms. The minimum absolute atomic E-state index is 0.0983. The fourth-order valence-electron chi connectivity index (χ4n) is 2.05. The number of hydrogen-bond acceptors (Lipinski definition) is 3. The average molecular weight is 247 g/mol. The number of carbonyl (C=O) groups excluding carboxylic acids is 2. The van der Waals surface area contributed by atoms with E-state index in [-0.39, 0.29) is 18.0 Å². The summed E-state index contributed by atoms with van der Waals surface area (Å²) < 4.78 is 5.14. The molecule has 1 amide bonds. The fraction of sp³-hybridized carbons (Fsp3) is 0.429. The second-order valence-corrected chi connectivity index (χ2v) is 4.75. The van der Waals surface area contributed by atoms with Gasteiger partial charge in [0.25, 0.3) is 5.91 Å². The summed E-state index contributed by atoms with van der Waals surface area (Å²) in [7, 11) is 0. The third kappa shape index (κ3) is 2.23. The first-order chi connectivity index (χ1) is 8.50. The van der Waals surface area contributed by atoms with Crippen LogP contribution in [0.25, 0.3) is 0 Å². The lowest BCUT2D eigenvalue weighted by Gasteiger charge is -2.23. The predicted octanol–water partition coefficient (Wildman–Crippen LogP) is 1.98. The molecule has 1 aromatic rings. The van der Waals surface area contributed by atoms with E-state index in [0.717, 1.165) is 5.56 Å². The van der Waals surface area contributed by atoms with Gasteiger partial charge in [-0.3, -0.25) is 4.79 Å². The van der Waals surface area contributed by atoms with Crippen LogP contribution < -0.4 is 0 Å². The van der Waals surface area contributed by atoms with Gasteiger partial charge in [-0.1, -0.05) is 18.2 Å². The van der Waals surface area contributed by atoms with Crippen LogP contribution in [0.2, 0.25) is 0 Å². The lowest BCUT2D eigenvalue weighted by Crippen LogP contribution is -2.40. The molecule has 1 atom stereocenters. The second-order valence-electron chi connectivity index (χ2n) is 4.75. The third-order valence-electron chi connectivity index (χ3n) is 3.01. The normalized spacial score (nSPS) is 15.8. The Morgan fingerprint density at radius 1 is 1.28 bits per heavy atom. The molecule has 0 aliphatic carbocycles. The fourth-order valence-corrected chi connectivity index (χ4v) is 2.05. The molecule has 1 unspecified atom stereocenters. The van der Waals surface area contributed by atoms with Gasteiger partial charge in [-0.05, 0) is 32.4 Å². The van der Waals surface area contributed by atoms with Crippen LogP contribution in [0.15, 0.2) is 24.3 Å². The molecule has 0 aromatic heterocycles. The number of ether oxygens (including phenoxy) is 1. The number of carbonyl (C=O) groups is 2. The van der Waals surface area contributed by atoms with Crippen LogP contribution in [-0.2, 0) is 16.1 Å². The van der Waals surface area contributed by atoms with Gasteiger partial charge in [0, 0.05) is 12.1 Å². The first-order valence-corrected chi connectivity index (χ1v) is 6.10. The summed E-state index contributed by atoms with van der Waals surface area (Å²) in [4.78, 5) is 25.5. The van der Waals surface area contributed by atoms with Gasteiger partial charge in [-0.25, -0.2) is 4.79 Å². The number of amides is 1. The second kappa shape index (κ2) is 4.80. The Morgan fingerprint density at radius 2 is 1.94 bits per heavy atom. The van der Waals surface area contributed by atoms with Crippen molar-refractivity contribution in [3.8, 4) is 0 Å². The van der Waals surface area contributed by atoms with Gasteiger partial charge in [-0.15, -0.1) is 0 Å². The summed E-state index contributed by atoms with van der Waals surface area (Å²) in [6.45, 7) is 5.77. The number of esters is 1. The van der Waals surface area contributed by atoms with E-state index in [1.165, 1.54) is 0 Å². The van der Waals surface area contributed by atoms with Crippen molar-refractivity contribution in [1.82, 2.24) is 4.90 Å². The zero-order valence-electron chi connectivity index (χ0n) is 10.8. The molecule has 0 spiro atoms. The maximum absolute atomic E-state index is 12.1. The lowest BCUT2D eigenvalue weighted by atomic mass is 10.1. The van der Waals surface area contributed by atoms with Crippen molar-refractivity contribution in [2.75, 3.05) is 0 Å². The van der Waals surface area contributed by atoms with Crippen LogP contribution in [0.1, 0.15) is 36.7 Å². The largest absolute Gasteiger partial charge is 0.461 e. The smallest absolute Gasteiger partial charge is 0.328 e. The van der Waals surface area contributed by atoms with Gasteiger partial charge in [-0.2, -0.15) is 0 Å². The van der Waals surface area contributed by atoms with Gasteiger partial charge in [0.1, 0.15) is 6.04 Å². The molecule has 1 heterocycles. The number of rotatable bonds is 3. The van der Waals surface area contributed by atoms with Crippen molar-refractivity contribution >= 4 is 11.9 Å². The lowest BCUT2D eigenvalue weighted by molar-refractivity contribution is -0.152.